The molecule has 1 aliphatic rings. The maximum atomic E-state index is 8.76. The molecule has 1 fully saturated rings. The van der Waals surface area contributed by atoms with Gasteiger partial charge in [-0.25, -0.2) is 0 Å². The number of benzene rings is 1. The minimum Gasteiger partial charge on any atom is -0.491 e. The maximum absolute atomic E-state index is 8.76. The summed E-state index contributed by atoms with van der Waals surface area (Å²) < 4.78 is 5.77. The zero-order chi connectivity index (χ0) is 13.2. The third-order valence-corrected chi connectivity index (χ3v) is 3.95. The van der Waals surface area contributed by atoms with Crippen molar-refractivity contribution in [2.45, 2.75) is 25.1 Å². The number of hydrogen-bond donors (Lipinski definition) is 0. The van der Waals surface area contributed by atoms with Gasteiger partial charge in [-0.05, 0) is 25.0 Å². The molecule has 1 aromatic rings. The molecule has 0 atom stereocenters. The highest BCUT2D eigenvalue weighted by molar-refractivity contribution is 6.36. The molecule has 0 amide bonds. The molecule has 18 heavy (non-hydrogen) atoms. The fourth-order valence-electron chi connectivity index (χ4n) is 1.82. The van der Waals surface area contributed by atoms with Crippen LogP contribution in [0.4, 0.5) is 0 Å². The normalized spacial score (nSPS) is 16.1. The van der Waals surface area contributed by atoms with E-state index in [1.165, 1.54) is 0 Å². The molecule has 0 spiro atoms. The Morgan fingerprint density at radius 2 is 2.06 bits per heavy atom. The van der Waals surface area contributed by atoms with Gasteiger partial charge in [0.1, 0.15) is 5.75 Å². The number of hydrogen-bond acceptors (Lipinski definition) is 2. The minimum atomic E-state index is 0.0152. The molecule has 0 radical (unpaired) electrons. The van der Waals surface area contributed by atoms with Gasteiger partial charge in [0, 0.05) is 22.4 Å². The van der Waals surface area contributed by atoms with Crippen LogP contribution in [0.2, 0.25) is 10.0 Å². The Morgan fingerprint density at radius 3 is 2.61 bits per heavy atom. The number of ether oxygens (including phenoxy) is 1. The number of nitrogens with zero attached hydrogens (tertiary/aromatic N) is 1. The first-order valence-corrected chi connectivity index (χ1v) is 6.93. The molecule has 5 heteroatoms. The van der Waals surface area contributed by atoms with Crippen molar-refractivity contribution in [3.8, 4) is 11.8 Å². The molecule has 0 unspecified atom stereocenters. The Kier molecular flexibility index (Phi) is 4.27. The first-order valence-electron chi connectivity index (χ1n) is 5.64. The van der Waals surface area contributed by atoms with Crippen LogP contribution in [0.15, 0.2) is 12.1 Å². The van der Waals surface area contributed by atoms with Crippen molar-refractivity contribution >= 4 is 34.8 Å². The van der Waals surface area contributed by atoms with E-state index in [4.69, 9.17) is 44.8 Å². The van der Waals surface area contributed by atoms with Crippen molar-refractivity contribution in [2.75, 3.05) is 6.61 Å². The van der Waals surface area contributed by atoms with E-state index in [1.54, 1.807) is 12.1 Å². The van der Waals surface area contributed by atoms with E-state index in [-0.39, 0.29) is 5.41 Å². The second-order valence-electron chi connectivity index (χ2n) is 4.63. The minimum absolute atomic E-state index is 0.0152. The molecular weight excluding hydrogens is 293 g/mol. The SMILES string of the molecule is N#CCC1(COc2c(Cl)cc(Cl)cc2CCl)CC1. The Bertz CT molecular complexity index is 492. The highest BCUT2D eigenvalue weighted by Crippen LogP contribution is 2.49. The zero-order valence-corrected chi connectivity index (χ0v) is 11.9. The van der Waals surface area contributed by atoms with Gasteiger partial charge in [0.15, 0.2) is 0 Å². The van der Waals surface area contributed by atoms with E-state index < -0.39 is 0 Å². The van der Waals surface area contributed by atoms with Gasteiger partial charge < -0.3 is 4.74 Å². The monoisotopic (exact) mass is 303 g/mol. The molecule has 2 nitrogen and oxygen atoms in total. The largest absolute Gasteiger partial charge is 0.491 e. The van der Waals surface area contributed by atoms with Gasteiger partial charge in [-0.1, -0.05) is 23.2 Å². The van der Waals surface area contributed by atoms with Crippen molar-refractivity contribution in [3.63, 3.8) is 0 Å². The Labute approximate surface area is 121 Å². The van der Waals surface area contributed by atoms with Crippen molar-refractivity contribution in [1.29, 1.82) is 5.26 Å². The molecule has 1 saturated carbocycles. The molecular formula is C13H12Cl3NO. The van der Waals surface area contributed by atoms with Gasteiger partial charge in [0.05, 0.1) is 23.6 Å². The number of alkyl halides is 1. The second kappa shape index (κ2) is 5.57. The highest BCUT2D eigenvalue weighted by atomic mass is 35.5. The summed E-state index contributed by atoms with van der Waals surface area (Å²) in [7, 11) is 0. The van der Waals surface area contributed by atoms with Crippen LogP contribution >= 0.6 is 34.8 Å². The Morgan fingerprint density at radius 1 is 1.33 bits per heavy atom. The summed E-state index contributed by atoms with van der Waals surface area (Å²) in [5.41, 5.74) is 0.795. The van der Waals surface area contributed by atoms with Gasteiger partial charge in [-0.3, -0.25) is 0 Å². The highest BCUT2D eigenvalue weighted by Gasteiger charge is 2.43. The van der Waals surface area contributed by atoms with Gasteiger partial charge in [-0.15, -0.1) is 11.6 Å². The van der Waals surface area contributed by atoms with Crippen LogP contribution in [0.25, 0.3) is 0 Å². The van der Waals surface area contributed by atoms with Crippen molar-refractivity contribution in [3.05, 3.63) is 27.7 Å². The molecule has 0 N–H and O–H groups in total. The zero-order valence-electron chi connectivity index (χ0n) is 9.68. The van der Waals surface area contributed by atoms with Gasteiger partial charge in [0.25, 0.3) is 0 Å². The molecule has 0 aromatic heterocycles. The van der Waals surface area contributed by atoms with Crippen molar-refractivity contribution in [2.24, 2.45) is 5.41 Å². The number of rotatable bonds is 5. The van der Waals surface area contributed by atoms with Crippen LogP contribution < -0.4 is 4.74 Å². The van der Waals surface area contributed by atoms with E-state index in [0.29, 0.717) is 34.7 Å². The molecule has 0 bridgehead atoms. The molecule has 0 heterocycles. The lowest BCUT2D eigenvalue weighted by Crippen LogP contribution is -2.13. The lowest BCUT2D eigenvalue weighted by atomic mass is 10.1. The summed E-state index contributed by atoms with van der Waals surface area (Å²) in [6, 6.07) is 5.59. The molecule has 2 rings (SSSR count). The van der Waals surface area contributed by atoms with Gasteiger partial charge in [0.2, 0.25) is 0 Å². The second-order valence-corrected chi connectivity index (χ2v) is 5.74. The predicted molar refractivity (Wildman–Crippen MR) is 73.4 cm³/mol. The Balaban J connectivity index is 2.12. The van der Waals surface area contributed by atoms with Crippen molar-refractivity contribution in [1.82, 2.24) is 0 Å². The molecule has 0 aliphatic heterocycles. The van der Waals surface area contributed by atoms with Gasteiger partial charge in [-0.2, -0.15) is 5.26 Å². The lowest BCUT2D eigenvalue weighted by molar-refractivity contribution is 0.235. The third-order valence-electron chi connectivity index (χ3n) is 3.16. The molecule has 0 saturated heterocycles. The fraction of sp³-hybridized carbons (Fsp3) is 0.462. The maximum Gasteiger partial charge on any atom is 0.142 e. The summed E-state index contributed by atoms with van der Waals surface area (Å²) in [6.45, 7) is 0.506. The quantitative estimate of drug-likeness (QED) is 0.732. The van der Waals surface area contributed by atoms with Crippen LogP contribution in [0.3, 0.4) is 0 Å². The number of nitriles is 1. The molecule has 96 valence electrons. The smallest absolute Gasteiger partial charge is 0.142 e. The lowest BCUT2D eigenvalue weighted by Gasteiger charge is -2.16. The third kappa shape index (κ3) is 3.03. The summed E-state index contributed by atoms with van der Waals surface area (Å²) in [5, 5.41) is 9.77. The van der Waals surface area contributed by atoms with E-state index >= 15 is 0 Å². The van der Waals surface area contributed by atoms with E-state index in [9.17, 15) is 0 Å². The first-order chi connectivity index (χ1) is 8.60. The first kappa shape index (κ1) is 13.8. The Hall–Kier alpha value is -0.620. The van der Waals surface area contributed by atoms with E-state index in [2.05, 4.69) is 6.07 Å². The molecule has 1 aliphatic carbocycles. The average molecular weight is 305 g/mol. The van der Waals surface area contributed by atoms with Crippen LogP contribution in [0, 0.1) is 16.7 Å². The number of halogens is 3. The summed E-state index contributed by atoms with van der Waals surface area (Å²) in [4.78, 5) is 0. The van der Waals surface area contributed by atoms with Crippen LogP contribution in [0.5, 0.6) is 5.75 Å². The molecule has 1 aromatic carbocycles. The van der Waals surface area contributed by atoms with Gasteiger partial charge >= 0.3 is 0 Å². The van der Waals surface area contributed by atoms with Crippen LogP contribution in [-0.4, -0.2) is 6.61 Å². The van der Waals surface area contributed by atoms with Crippen molar-refractivity contribution < 1.29 is 4.74 Å². The summed E-state index contributed by atoms with van der Waals surface area (Å²) in [5.74, 6) is 0.876. The summed E-state index contributed by atoms with van der Waals surface area (Å²) in [6.07, 6.45) is 2.58. The topological polar surface area (TPSA) is 33.0 Å². The van der Waals surface area contributed by atoms with E-state index in [0.717, 1.165) is 18.4 Å². The van der Waals surface area contributed by atoms with Crippen LogP contribution in [0.1, 0.15) is 24.8 Å². The standard InChI is InChI=1S/C13H12Cl3NO/c14-7-9-5-10(15)6-11(16)12(9)18-8-13(1-2-13)3-4-17/h5-6H,1-3,7-8H2. The van der Waals surface area contributed by atoms with Crippen LogP contribution in [-0.2, 0) is 5.88 Å². The predicted octanol–water partition coefficient (Wildman–Crippen LogP) is 4.80. The average Bonchev–Trinajstić information content (AvgIpc) is 3.07. The van der Waals surface area contributed by atoms with E-state index in [1.807, 2.05) is 0 Å². The summed E-state index contributed by atoms with van der Waals surface area (Å²) >= 11 is 17.9. The fourth-order valence-corrected chi connectivity index (χ4v) is 2.61.